The molecule has 4 heteroatoms. The Morgan fingerprint density at radius 2 is 2.15 bits per heavy atom. The van der Waals surface area contributed by atoms with E-state index in [-0.39, 0.29) is 12.6 Å². The molecule has 0 aliphatic carbocycles. The Bertz CT molecular complexity index is 174. The molecule has 0 spiro atoms. The fraction of sp³-hybridized carbons (Fsp3) is 0.778. The van der Waals surface area contributed by atoms with Crippen LogP contribution >= 0.6 is 0 Å². The van der Waals surface area contributed by atoms with E-state index in [1.807, 2.05) is 13.0 Å². The zero-order chi connectivity index (χ0) is 9.94. The topological polar surface area (TPSA) is 59.3 Å². The number of carbonyl (C=O) groups is 1. The molecule has 0 saturated heterocycles. The van der Waals surface area contributed by atoms with Gasteiger partial charge < -0.3 is 9.47 Å². The van der Waals surface area contributed by atoms with Crippen LogP contribution in [-0.4, -0.2) is 25.8 Å². The first-order valence-corrected chi connectivity index (χ1v) is 4.41. The number of carbonyl (C=O) groups excluding carboxylic acids is 1. The molecule has 0 N–H and O–H groups in total. The lowest BCUT2D eigenvalue weighted by Gasteiger charge is -2.03. The van der Waals surface area contributed by atoms with Crippen LogP contribution in [0.15, 0.2) is 0 Å². The molecular weight excluding hydrogens is 170 g/mol. The van der Waals surface area contributed by atoms with E-state index < -0.39 is 0 Å². The number of nitrogens with zero attached hydrogens (tertiary/aromatic N) is 1. The zero-order valence-electron chi connectivity index (χ0n) is 7.91. The van der Waals surface area contributed by atoms with Crippen LogP contribution in [0.1, 0.15) is 26.2 Å². The summed E-state index contributed by atoms with van der Waals surface area (Å²) in [5.41, 5.74) is 0. The average Bonchev–Trinajstić information content (AvgIpc) is 2.11. The third kappa shape index (κ3) is 8.83. The molecule has 0 atom stereocenters. The first-order valence-electron chi connectivity index (χ1n) is 4.41. The van der Waals surface area contributed by atoms with Gasteiger partial charge in [-0.1, -0.05) is 6.92 Å². The summed E-state index contributed by atoms with van der Waals surface area (Å²) in [6.07, 6.45) is 1.63. The molecule has 0 aliphatic rings. The number of nitriles is 1. The van der Waals surface area contributed by atoms with E-state index >= 15 is 0 Å². The fourth-order valence-electron chi connectivity index (χ4n) is 0.711. The van der Waals surface area contributed by atoms with Crippen LogP contribution in [0.3, 0.4) is 0 Å². The standard InChI is InChI=1S/C9H15NO3/c1-2-4-9(11)13-8-7-12-6-3-5-10/h2-4,6-8H2,1H3. The van der Waals surface area contributed by atoms with Crippen molar-refractivity contribution in [3.63, 3.8) is 0 Å². The van der Waals surface area contributed by atoms with Crippen LogP contribution in [0.25, 0.3) is 0 Å². The zero-order valence-corrected chi connectivity index (χ0v) is 7.91. The van der Waals surface area contributed by atoms with Crippen molar-refractivity contribution < 1.29 is 14.3 Å². The van der Waals surface area contributed by atoms with Gasteiger partial charge in [-0.25, -0.2) is 0 Å². The molecule has 0 rings (SSSR count). The van der Waals surface area contributed by atoms with Crippen molar-refractivity contribution in [2.75, 3.05) is 19.8 Å². The summed E-state index contributed by atoms with van der Waals surface area (Å²) in [6.45, 7) is 2.98. The highest BCUT2D eigenvalue weighted by molar-refractivity contribution is 5.69. The Labute approximate surface area is 78.4 Å². The van der Waals surface area contributed by atoms with Crippen LogP contribution in [-0.2, 0) is 14.3 Å². The smallest absolute Gasteiger partial charge is 0.305 e. The number of hydrogen-bond donors (Lipinski definition) is 0. The largest absolute Gasteiger partial charge is 0.463 e. The lowest BCUT2D eigenvalue weighted by atomic mass is 10.3. The second kappa shape index (κ2) is 9.01. The Kier molecular flexibility index (Phi) is 8.26. The van der Waals surface area contributed by atoms with E-state index in [2.05, 4.69) is 0 Å². The van der Waals surface area contributed by atoms with Gasteiger partial charge in [-0.15, -0.1) is 0 Å². The molecule has 0 heterocycles. The van der Waals surface area contributed by atoms with Gasteiger partial charge in [0.25, 0.3) is 0 Å². The summed E-state index contributed by atoms with van der Waals surface area (Å²) in [5, 5.41) is 8.17. The lowest BCUT2D eigenvalue weighted by molar-refractivity contribution is -0.145. The maximum Gasteiger partial charge on any atom is 0.305 e. The van der Waals surface area contributed by atoms with Crippen molar-refractivity contribution in [3.8, 4) is 6.07 Å². The van der Waals surface area contributed by atoms with Crippen molar-refractivity contribution in [1.29, 1.82) is 5.26 Å². The first kappa shape index (κ1) is 11.9. The first-order chi connectivity index (χ1) is 6.31. The highest BCUT2D eigenvalue weighted by Crippen LogP contribution is 1.91. The summed E-state index contributed by atoms with van der Waals surface area (Å²) in [7, 11) is 0. The van der Waals surface area contributed by atoms with Crippen LogP contribution in [0.2, 0.25) is 0 Å². The van der Waals surface area contributed by atoms with Crippen LogP contribution in [0.4, 0.5) is 0 Å². The molecule has 0 radical (unpaired) electrons. The fourth-order valence-corrected chi connectivity index (χ4v) is 0.711. The van der Waals surface area contributed by atoms with Gasteiger partial charge in [0.2, 0.25) is 0 Å². The van der Waals surface area contributed by atoms with Gasteiger partial charge in [0.15, 0.2) is 0 Å². The number of ether oxygens (including phenoxy) is 2. The molecule has 0 saturated carbocycles. The molecule has 0 aliphatic heterocycles. The minimum Gasteiger partial charge on any atom is -0.463 e. The Hall–Kier alpha value is -1.08. The van der Waals surface area contributed by atoms with Crippen molar-refractivity contribution in [2.45, 2.75) is 26.2 Å². The second-order valence-corrected chi connectivity index (χ2v) is 2.49. The molecule has 0 amide bonds. The van der Waals surface area contributed by atoms with Crippen LogP contribution in [0.5, 0.6) is 0 Å². The van der Waals surface area contributed by atoms with Crippen molar-refractivity contribution in [1.82, 2.24) is 0 Å². The molecular formula is C9H15NO3. The van der Waals surface area contributed by atoms with E-state index in [1.54, 1.807) is 0 Å². The molecule has 0 aromatic carbocycles. The number of hydrogen-bond acceptors (Lipinski definition) is 4. The molecule has 4 nitrogen and oxygen atoms in total. The summed E-state index contributed by atoms with van der Waals surface area (Å²) < 4.78 is 9.82. The van der Waals surface area contributed by atoms with Gasteiger partial charge in [0.05, 0.1) is 25.7 Å². The van der Waals surface area contributed by atoms with Gasteiger partial charge in [-0.05, 0) is 6.42 Å². The minimum absolute atomic E-state index is 0.189. The molecule has 0 bridgehead atoms. The second-order valence-electron chi connectivity index (χ2n) is 2.49. The Balaban J connectivity index is 3.07. The third-order valence-corrected chi connectivity index (χ3v) is 1.30. The molecule has 0 aromatic heterocycles. The van der Waals surface area contributed by atoms with E-state index in [0.29, 0.717) is 26.1 Å². The monoisotopic (exact) mass is 185 g/mol. The highest BCUT2D eigenvalue weighted by atomic mass is 16.6. The maximum absolute atomic E-state index is 10.8. The molecule has 74 valence electrons. The normalized spacial score (nSPS) is 9.23. The van der Waals surface area contributed by atoms with E-state index in [4.69, 9.17) is 14.7 Å². The maximum atomic E-state index is 10.8. The number of esters is 1. The lowest BCUT2D eigenvalue weighted by Crippen LogP contribution is -2.10. The van der Waals surface area contributed by atoms with Crippen LogP contribution < -0.4 is 0 Å². The average molecular weight is 185 g/mol. The highest BCUT2D eigenvalue weighted by Gasteiger charge is 1.99. The summed E-state index contributed by atoms with van der Waals surface area (Å²) in [4.78, 5) is 10.8. The molecule has 0 unspecified atom stereocenters. The minimum atomic E-state index is -0.189. The van der Waals surface area contributed by atoms with Gasteiger partial charge in [-0.3, -0.25) is 4.79 Å². The van der Waals surface area contributed by atoms with Crippen molar-refractivity contribution >= 4 is 5.97 Å². The number of rotatable bonds is 7. The molecule has 13 heavy (non-hydrogen) atoms. The van der Waals surface area contributed by atoms with Gasteiger partial charge >= 0.3 is 5.97 Å². The van der Waals surface area contributed by atoms with Crippen molar-refractivity contribution in [2.24, 2.45) is 0 Å². The molecule has 0 aromatic rings. The van der Waals surface area contributed by atoms with Gasteiger partial charge in [0.1, 0.15) is 6.61 Å². The van der Waals surface area contributed by atoms with Gasteiger partial charge in [0, 0.05) is 6.42 Å². The Morgan fingerprint density at radius 3 is 2.77 bits per heavy atom. The quantitative estimate of drug-likeness (QED) is 0.442. The molecule has 0 fully saturated rings. The summed E-state index contributed by atoms with van der Waals surface area (Å²) in [6, 6.07) is 1.95. The van der Waals surface area contributed by atoms with E-state index in [9.17, 15) is 4.79 Å². The van der Waals surface area contributed by atoms with E-state index in [1.165, 1.54) is 0 Å². The van der Waals surface area contributed by atoms with Crippen LogP contribution in [0, 0.1) is 11.3 Å². The predicted molar refractivity (Wildman–Crippen MR) is 46.9 cm³/mol. The van der Waals surface area contributed by atoms with Crippen molar-refractivity contribution in [3.05, 3.63) is 0 Å². The van der Waals surface area contributed by atoms with E-state index in [0.717, 1.165) is 6.42 Å². The summed E-state index contributed by atoms with van der Waals surface area (Å²) in [5.74, 6) is -0.189. The Morgan fingerprint density at radius 1 is 1.38 bits per heavy atom. The third-order valence-electron chi connectivity index (χ3n) is 1.30. The SMILES string of the molecule is CCCC(=O)OCCOCCC#N. The predicted octanol–water partition coefficient (Wildman–Crippen LogP) is 1.26. The summed E-state index contributed by atoms with van der Waals surface area (Å²) >= 11 is 0. The van der Waals surface area contributed by atoms with Gasteiger partial charge in [-0.2, -0.15) is 5.26 Å².